The molecule has 29 heavy (non-hydrogen) atoms. The van der Waals surface area contributed by atoms with E-state index in [2.05, 4.69) is 15.3 Å². The van der Waals surface area contributed by atoms with E-state index in [9.17, 15) is 18.0 Å². The lowest BCUT2D eigenvalue weighted by molar-refractivity contribution is -0.141. The molecule has 1 amide bonds. The molecule has 5 nitrogen and oxygen atoms in total. The Balaban J connectivity index is 1.68. The molecule has 3 aliphatic rings. The summed E-state index contributed by atoms with van der Waals surface area (Å²) in [6.45, 7) is 1.94. The molecule has 4 rings (SSSR count). The molecule has 0 bridgehead atoms. The van der Waals surface area contributed by atoms with Crippen LogP contribution in [0.2, 0.25) is 0 Å². The summed E-state index contributed by atoms with van der Waals surface area (Å²) in [5.41, 5.74) is -0.956. The summed E-state index contributed by atoms with van der Waals surface area (Å²) in [7, 11) is 0. The van der Waals surface area contributed by atoms with Crippen molar-refractivity contribution in [2.24, 2.45) is 5.92 Å². The van der Waals surface area contributed by atoms with E-state index in [0.717, 1.165) is 38.5 Å². The van der Waals surface area contributed by atoms with E-state index < -0.39 is 17.9 Å². The molecule has 1 aromatic heterocycles. The third-order valence-electron chi connectivity index (χ3n) is 6.02. The zero-order valence-electron chi connectivity index (χ0n) is 16.6. The monoisotopic (exact) mass is 408 g/mol. The van der Waals surface area contributed by atoms with Gasteiger partial charge in [0.25, 0.3) is 0 Å². The van der Waals surface area contributed by atoms with Crippen molar-refractivity contribution in [1.29, 1.82) is 0 Å². The van der Waals surface area contributed by atoms with Gasteiger partial charge in [-0.2, -0.15) is 13.2 Å². The molecule has 1 unspecified atom stereocenters. The number of carbonyl (C=O) groups excluding carboxylic acids is 1. The second-order valence-corrected chi connectivity index (χ2v) is 8.36. The minimum Gasteiger partial charge on any atom is -0.352 e. The van der Waals surface area contributed by atoms with Crippen molar-refractivity contribution >= 4 is 17.8 Å². The van der Waals surface area contributed by atoms with Crippen LogP contribution >= 0.6 is 0 Å². The van der Waals surface area contributed by atoms with Crippen LogP contribution in [0.1, 0.15) is 68.4 Å². The Hall–Kier alpha value is -2.12. The van der Waals surface area contributed by atoms with Gasteiger partial charge in [-0.3, -0.25) is 4.79 Å². The highest BCUT2D eigenvalue weighted by Crippen LogP contribution is 2.41. The average Bonchev–Trinajstić information content (AvgIpc) is 3.50. The molecule has 1 aliphatic heterocycles. The molecule has 0 aromatic carbocycles. The summed E-state index contributed by atoms with van der Waals surface area (Å²) < 4.78 is 40.9. The molecule has 1 N–H and O–H groups in total. The first-order valence-corrected chi connectivity index (χ1v) is 10.5. The molecule has 0 saturated heterocycles. The number of halogens is 3. The lowest BCUT2D eigenvalue weighted by Crippen LogP contribution is -2.52. The van der Waals surface area contributed by atoms with Gasteiger partial charge in [0.15, 0.2) is 5.69 Å². The van der Waals surface area contributed by atoms with Crippen molar-refractivity contribution < 1.29 is 18.0 Å². The van der Waals surface area contributed by atoms with E-state index in [1.165, 1.54) is 19.4 Å². The molecule has 0 spiro atoms. The third kappa shape index (κ3) is 4.41. The number of nitrogens with zero attached hydrogens (tertiary/aromatic N) is 3. The molecule has 2 aliphatic carbocycles. The number of aromatic nitrogens is 2. The molecule has 0 radical (unpaired) electrons. The average molecular weight is 408 g/mol. The van der Waals surface area contributed by atoms with Gasteiger partial charge >= 0.3 is 6.18 Å². The summed E-state index contributed by atoms with van der Waals surface area (Å²) >= 11 is 0. The van der Waals surface area contributed by atoms with Crippen molar-refractivity contribution in [2.45, 2.75) is 76.6 Å². The van der Waals surface area contributed by atoms with Crippen molar-refractivity contribution in [3.8, 4) is 0 Å². The van der Waals surface area contributed by atoms with Gasteiger partial charge in [0.1, 0.15) is 17.7 Å². The highest BCUT2D eigenvalue weighted by Gasteiger charge is 2.44. The number of rotatable bonds is 4. The number of carbonyl (C=O) groups is 1. The Morgan fingerprint density at radius 3 is 2.55 bits per heavy atom. The maximum absolute atomic E-state index is 13.6. The highest BCUT2D eigenvalue weighted by molar-refractivity contribution is 5.87. The van der Waals surface area contributed by atoms with E-state index in [1.54, 1.807) is 11.0 Å². The van der Waals surface area contributed by atoms with E-state index in [-0.39, 0.29) is 35.1 Å². The van der Waals surface area contributed by atoms with E-state index in [1.807, 2.05) is 0 Å². The molecule has 158 valence electrons. The van der Waals surface area contributed by atoms with Gasteiger partial charge in [-0.15, -0.1) is 0 Å². The minimum atomic E-state index is -4.57. The van der Waals surface area contributed by atoms with Crippen LogP contribution in [0.5, 0.6) is 0 Å². The van der Waals surface area contributed by atoms with Crippen molar-refractivity contribution in [3.05, 3.63) is 23.2 Å². The number of nitrogens with one attached hydrogen (secondary N) is 1. The van der Waals surface area contributed by atoms with Gasteiger partial charge in [-0.05, 0) is 44.9 Å². The fourth-order valence-electron chi connectivity index (χ4n) is 4.50. The Bertz CT molecular complexity index is 798. The van der Waals surface area contributed by atoms with Crippen molar-refractivity contribution in [2.75, 3.05) is 11.4 Å². The number of alkyl halides is 3. The quantitative estimate of drug-likeness (QED) is 0.809. The van der Waals surface area contributed by atoms with Crippen LogP contribution in [0.15, 0.2) is 6.08 Å². The van der Waals surface area contributed by atoms with E-state index >= 15 is 0 Å². The SMILES string of the molecule is Cc1nc2c(c(C(F)(F)F)n1)C=CCCN2C(C(=O)NC1CCCCC1)C1CC1. The summed E-state index contributed by atoms with van der Waals surface area (Å²) in [6.07, 6.45) is 6.35. The normalized spacial score (nSPS) is 21.4. The lowest BCUT2D eigenvalue weighted by atomic mass is 9.95. The summed E-state index contributed by atoms with van der Waals surface area (Å²) in [6, 6.07) is -0.314. The molecule has 2 saturated carbocycles. The molecule has 2 fully saturated rings. The standard InChI is InChI=1S/C21H27F3N4O/c1-13-25-18(21(22,23)24)16-9-5-6-12-28(19(16)26-13)17(14-10-11-14)20(29)27-15-7-3-2-4-8-15/h5,9,14-15,17H,2-4,6-8,10-12H2,1H3,(H,27,29). The van der Waals surface area contributed by atoms with Crippen LogP contribution in [0.3, 0.4) is 0 Å². The summed E-state index contributed by atoms with van der Waals surface area (Å²) in [5, 5.41) is 3.18. The molecular formula is C21H27F3N4O. The number of fused-ring (bicyclic) bond motifs is 1. The Kier molecular flexibility index (Phi) is 5.53. The van der Waals surface area contributed by atoms with Crippen LogP contribution in [0.25, 0.3) is 6.08 Å². The fourth-order valence-corrected chi connectivity index (χ4v) is 4.50. The maximum Gasteiger partial charge on any atom is 0.434 e. The van der Waals surface area contributed by atoms with Crippen molar-refractivity contribution in [1.82, 2.24) is 15.3 Å². The third-order valence-corrected chi connectivity index (χ3v) is 6.02. The summed E-state index contributed by atoms with van der Waals surface area (Å²) in [5.74, 6) is 0.388. The van der Waals surface area contributed by atoms with Gasteiger partial charge < -0.3 is 10.2 Å². The molecule has 8 heteroatoms. The molecule has 1 aromatic rings. The number of hydrogen-bond donors (Lipinski definition) is 1. The number of amides is 1. The first kappa shape index (κ1) is 20.2. The first-order chi connectivity index (χ1) is 13.8. The topological polar surface area (TPSA) is 58.1 Å². The number of aryl methyl sites for hydroxylation is 1. The lowest BCUT2D eigenvalue weighted by Gasteiger charge is -2.34. The van der Waals surface area contributed by atoms with Gasteiger partial charge in [-0.25, -0.2) is 9.97 Å². The van der Waals surface area contributed by atoms with Crippen LogP contribution < -0.4 is 10.2 Å². The smallest absolute Gasteiger partial charge is 0.352 e. The molecule has 1 atom stereocenters. The second-order valence-electron chi connectivity index (χ2n) is 8.36. The van der Waals surface area contributed by atoms with Gasteiger partial charge in [0, 0.05) is 18.2 Å². The van der Waals surface area contributed by atoms with Crippen LogP contribution in [0.4, 0.5) is 19.0 Å². The molecule has 2 heterocycles. The summed E-state index contributed by atoms with van der Waals surface area (Å²) in [4.78, 5) is 23.1. The van der Waals surface area contributed by atoms with Gasteiger partial charge in [-0.1, -0.05) is 31.4 Å². The fraction of sp³-hybridized carbons (Fsp3) is 0.667. The second kappa shape index (κ2) is 7.95. The van der Waals surface area contributed by atoms with Crippen LogP contribution in [0, 0.1) is 12.8 Å². The number of hydrogen-bond acceptors (Lipinski definition) is 4. The zero-order chi connectivity index (χ0) is 20.6. The Morgan fingerprint density at radius 1 is 1.17 bits per heavy atom. The maximum atomic E-state index is 13.6. The van der Waals surface area contributed by atoms with E-state index in [4.69, 9.17) is 0 Å². The van der Waals surface area contributed by atoms with Gasteiger partial charge in [0.05, 0.1) is 0 Å². The largest absolute Gasteiger partial charge is 0.434 e. The van der Waals surface area contributed by atoms with E-state index in [0.29, 0.717) is 13.0 Å². The zero-order valence-corrected chi connectivity index (χ0v) is 16.6. The van der Waals surface area contributed by atoms with Crippen LogP contribution in [-0.4, -0.2) is 34.5 Å². The Morgan fingerprint density at radius 2 is 1.90 bits per heavy atom. The minimum absolute atomic E-state index is 0.0308. The highest BCUT2D eigenvalue weighted by atomic mass is 19.4. The predicted molar refractivity (Wildman–Crippen MR) is 104 cm³/mol. The van der Waals surface area contributed by atoms with Crippen LogP contribution in [-0.2, 0) is 11.0 Å². The van der Waals surface area contributed by atoms with Gasteiger partial charge in [0.2, 0.25) is 5.91 Å². The first-order valence-electron chi connectivity index (χ1n) is 10.5. The Labute approximate surface area is 168 Å². The van der Waals surface area contributed by atoms with Crippen molar-refractivity contribution in [3.63, 3.8) is 0 Å². The predicted octanol–water partition coefficient (Wildman–Crippen LogP) is 4.25. The number of anilines is 1. The molecular weight excluding hydrogens is 381 g/mol.